The summed E-state index contributed by atoms with van der Waals surface area (Å²) in [5, 5.41) is 0.303. The van der Waals surface area contributed by atoms with Gasteiger partial charge in [0.15, 0.2) is 5.78 Å². The minimum atomic E-state index is -0.615. The van der Waals surface area contributed by atoms with E-state index in [0.29, 0.717) is 24.0 Å². The first kappa shape index (κ1) is 15.5. The van der Waals surface area contributed by atoms with E-state index >= 15 is 0 Å². The van der Waals surface area contributed by atoms with Gasteiger partial charge in [0.05, 0.1) is 17.7 Å². The highest BCUT2D eigenvalue weighted by molar-refractivity contribution is 6.31. The van der Waals surface area contributed by atoms with Gasteiger partial charge in [0.25, 0.3) is 0 Å². The van der Waals surface area contributed by atoms with E-state index in [1.807, 2.05) is 0 Å². The van der Waals surface area contributed by atoms with Crippen LogP contribution in [0.25, 0.3) is 0 Å². The molecule has 0 heterocycles. The lowest BCUT2D eigenvalue weighted by Gasteiger charge is -2.11. The van der Waals surface area contributed by atoms with Crippen LogP contribution in [0.1, 0.15) is 15.9 Å². The molecule has 0 spiro atoms. The normalized spacial score (nSPS) is 10.4. The molecule has 0 saturated heterocycles. The Balaban J connectivity index is 2.32. The predicted molar refractivity (Wildman–Crippen MR) is 78.7 cm³/mol. The number of para-hydroxylation sites is 1. The average molecular weight is 309 g/mol. The third-order valence-corrected chi connectivity index (χ3v) is 3.08. The van der Waals surface area contributed by atoms with E-state index in [4.69, 9.17) is 21.1 Å². The second-order valence-corrected chi connectivity index (χ2v) is 4.73. The Morgan fingerprint density at radius 2 is 1.90 bits per heavy atom. The first-order valence-corrected chi connectivity index (χ1v) is 6.72. The Morgan fingerprint density at radius 3 is 2.67 bits per heavy atom. The van der Waals surface area contributed by atoms with Crippen LogP contribution in [0.2, 0.25) is 5.02 Å². The number of halogens is 2. The molecule has 0 unspecified atom stereocenters. The van der Waals surface area contributed by atoms with Crippen molar-refractivity contribution in [1.29, 1.82) is 0 Å². The number of hydrogen-bond donors (Lipinski definition) is 0. The molecule has 5 heteroatoms. The minimum absolute atomic E-state index is 0.0784. The monoisotopic (exact) mass is 308 g/mol. The van der Waals surface area contributed by atoms with Crippen molar-refractivity contribution in [3.8, 4) is 5.75 Å². The van der Waals surface area contributed by atoms with E-state index in [-0.39, 0.29) is 11.1 Å². The van der Waals surface area contributed by atoms with Gasteiger partial charge in [-0.15, -0.1) is 0 Å². The molecule has 21 heavy (non-hydrogen) atoms. The van der Waals surface area contributed by atoms with Crippen LogP contribution in [0.4, 0.5) is 4.39 Å². The topological polar surface area (TPSA) is 35.5 Å². The van der Waals surface area contributed by atoms with Gasteiger partial charge in [-0.05, 0) is 30.3 Å². The maximum Gasteiger partial charge on any atom is 0.199 e. The molecule has 2 aromatic carbocycles. The van der Waals surface area contributed by atoms with Crippen molar-refractivity contribution < 1.29 is 18.7 Å². The lowest BCUT2D eigenvalue weighted by Crippen LogP contribution is -2.10. The second-order valence-electron chi connectivity index (χ2n) is 4.29. The van der Waals surface area contributed by atoms with E-state index in [1.165, 1.54) is 18.2 Å². The quantitative estimate of drug-likeness (QED) is 0.602. The number of ether oxygens (including phenoxy) is 2. The molecule has 0 aliphatic heterocycles. The van der Waals surface area contributed by atoms with E-state index in [9.17, 15) is 9.18 Å². The van der Waals surface area contributed by atoms with Crippen LogP contribution in [0, 0.1) is 5.82 Å². The first-order valence-electron chi connectivity index (χ1n) is 6.34. The molecule has 0 amide bonds. The van der Waals surface area contributed by atoms with Crippen molar-refractivity contribution in [3.63, 3.8) is 0 Å². The fourth-order valence-corrected chi connectivity index (χ4v) is 2.00. The van der Waals surface area contributed by atoms with Crippen LogP contribution in [-0.4, -0.2) is 26.1 Å². The van der Waals surface area contributed by atoms with Gasteiger partial charge >= 0.3 is 0 Å². The summed E-state index contributed by atoms with van der Waals surface area (Å²) in [6.45, 7) is 0.701. The Morgan fingerprint density at radius 1 is 1.14 bits per heavy atom. The van der Waals surface area contributed by atoms with Gasteiger partial charge < -0.3 is 9.47 Å². The highest BCUT2D eigenvalue weighted by atomic mass is 35.5. The molecule has 0 atom stereocenters. The van der Waals surface area contributed by atoms with Crippen LogP contribution in [0.3, 0.4) is 0 Å². The molecular weight excluding hydrogens is 295 g/mol. The summed E-state index contributed by atoms with van der Waals surface area (Å²) in [6.07, 6.45) is 0. The zero-order valence-corrected chi connectivity index (χ0v) is 12.2. The SMILES string of the molecule is COCCOc1ccccc1C(=O)c1cc(Cl)ccc1F. The van der Waals surface area contributed by atoms with Crippen molar-refractivity contribution in [2.75, 3.05) is 20.3 Å². The number of methoxy groups -OCH3 is 1. The van der Waals surface area contributed by atoms with Gasteiger partial charge in [0.2, 0.25) is 0 Å². The Bertz CT molecular complexity index is 643. The van der Waals surface area contributed by atoms with Crippen LogP contribution >= 0.6 is 11.6 Å². The third-order valence-electron chi connectivity index (χ3n) is 2.85. The highest BCUT2D eigenvalue weighted by Crippen LogP contribution is 2.24. The van der Waals surface area contributed by atoms with Crippen molar-refractivity contribution in [2.24, 2.45) is 0 Å². The molecule has 0 fully saturated rings. The molecule has 0 aliphatic carbocycles. The van der Waals surface area contributed by atoms with Crippen LogP contribution in [0.5, 0.6) is 5.75 Å². The number of hydrogen-bond acceptors (Lipinski definition) is 3. The summed E-state index contributed by atoms with van der Waals surface area (Å²) in [7, 11) is 1.56. The first-order chi connectivity index (χ1) is 10.1. The maximum absolute atomic E-state index is 13.8. The van der Waals surface area contributed by atoms with E-state index in [0.717, 1.165) is 0 Å². The van der Waals surface area contributed by atoms with Crippen LogP contribution < -0.4 is 4.74 Å². The molecule has 3 nitrogen and oxygen atoms in total. The van der Waals surface area contributed by atoms with Gasteiger partial charge in [-0.25, -0.2) is 4.39 Å². The number of benzene rings is 2. The number of ketones is 1. The lowest BCUT2D eigenvalue weighted by atomic mass is 10.0. The zero-order chi connectivity index (χ0) is 15.2. The molecule has 0 saturated carbocycles. The molecule has 2 rings (SSSR count). The molecule has 110 valence electrons. The summed E-state index contributed by atoms with van der Waals surface area (Å²) < 4.78 is 24.2. The molecule has 0 aromatic heterocycles. The van der Waals surface area contributed by atoms with E-state index in [1.54, 1.807) is 31.4 Å². The van der Waals surface area contributed by atoms with E-state index < -0.39 is 11.6 Å². The number of carbonyl (C=O) groups excluding carboxylic acids is 1. The van der Waals surface area contributed by atoms with Crippen molar-refractivity contribution in [2.45, 2.75) is 0 Å². The molecule has 0 aliphatic rings. The summed E-state index contributed by atoms with van der Waals surface area (Å²) in [4.78, 5) is 12.5. The second kappa shape index (κ2) is 7.20. The average Bonchev–Trinajstić information content (AvgIpc) is 2.50. The van der Waals surface area contributed by atoms with Crippen LogP contribution in [0.15, 0.2) is 42.5 Å². The van der Waals surface area contributed by atoms with Gasteiger partial charge in [-0.3, -0.25) is 4.79 Å². The molecule has 0 N–H and O–H groups in total. The maximum atomic E-state index is 13.8. The summed E-state index contributed by atoms with van der Waals surface area (Å²) in [5.41, 5.74) is 0.208. The fourth-order valence-electron chi connectivity index (χ4n) is 1.83. The minimum Gasteiger partial charge on any atom is -0.490 e. The van der Waals surface area contributed by atoms with E-state index in [2.05, 4.69) is 0 Å². The highest BCUT2D eigenvalue weighted by Gasteiger charge is 2.18. The Labute approximate surface area is 127 Å². The zero-order valence-electron chi connectivity index (χ0n) is 11.4. The van der Waals surface area contributed by atoms with Crippen molar-refractivity contribution in [1.82, 2.24) is 0 Å². The largest absolute Gasteiger partial charge is 0.490 e. The van der Waals surface area contributed by atoms with Gasteiger partial charge in [-0.2, -0.15) is 0 Å². The van der Waals surface area contributed by atoms with Gasteiger partial charge in [0.1, 0.15) is 18.2 Å². The molecule has 2 aromatic rings. The predicted octanol–water partition coefficient (Wildman–Crippen LogP) is 3.74. The number of rotatable bonds is 6. The van der Waals surface area contributed by atoms with Crippen LogP contribution in [-0.2, 0) is 4.74 Å². The summed E-state index contributed by atoms with van der Waals surface area (Å²) in [6, 6.07) is 10.6. The fraction of sp³-hybridized carbons (Fsp3) is 0.188. The molecule has 0 radical (unpaired) electrons. The standard InChI is InChI=1S/C16H14ClFO3/c1-20-8-9-21-15-5-3-2-4-12(15)16(19)13-10-11(17)6-7-14(13)18/h2-7,10H,8-9H2,1H3. The Kier molecular flexibility index (Phi) is 5.31. The third kappa shape index (κ3) is 3.80. The Hall–Kier alpha value is -1.91. The lowest BCUT2D eigenvalue weighted by molar-refractivity contribution is 0.102. The van der Waals surface area contributed by atoms with Gasteiger partial charge in [0, 0.05) is 12.1 Å². The summed E-state index contributed by atoms with van der Waals surface area (Å²) >= 11 is 5.82. The number of carbonyl (C=O) groups is 1. The molecule has 0 bridgehead atoms. The van der Waals surface area contributed by atoms with Crippen molar-refractivity contribution in [3.05, 3.63) is 64.4 Å². The smallest absolute Gasteiger partial charge is 0.199 e. The summed E-state index contributed by atoms with van der Waals surface area (Å²) in [5.74, 6) is -0.696. The van der Waals surface area contributed by atoms with Crippen molar-refractivity contribution >= 4 is 17.4 Å². The molecular formula is C16H14ClFO3. The van der Waals surface area contributed by atoms with Gasteiger partial charge in [-0.1, -0.05) is 23.7 Å².